The highest BCUT2D eigenvalue weighted by atomic mass is 35.5. The van der Waals surface area contributed by atoms with E-state index in [2.05, 4.69) is 11.4 Å². The molecule has 2 aliphatic heterocycles. The second-order valence-corrected chi connectivity index (χ2v) is 7.46. The van der Waals surface area contributed by atoms with Gasteiger partial charge in [-0.1, -0.05) is 17.7 Å². The zero-order chi connectivity index (χ0) is 15.7. The number of halogens is 1. The van der Waals surface area contributed by atoms with Crippen LogP contribution in [0.2, 0.25) is 5.02 Å². The van der Waals surface area contributed by atoms with E-state index < -0.39 is 5.41 Å². The molecule has 22 heavy (non-hydrogen) atoms. The molecule has 2 saturated heterocycles. The number of hydrogen-bond acceptors (Lipinski definition) is 2. The first kappa shape index (κ1) is 15.8. The molecule has 3 nitrogen and oxygen atoms in total. The number of amides is 1. The molecule has 1 N–H and O–H groups in total. The first-order valence-corrected chi connectivity index (χ1v) is 8.68. The number of carbonyl (C=O) groups excluding carboxylic acids is 1. The molecule has 3 rings (SSSR count). The number of nitrogens with one attached hydrogen (secondary N) is 1. The van der Waals surface area contributed by atoms with E-state index in [0.29, 0.717) is 5.92 Å². The molecule has 1 amide bonds. The highest BCUT2D eigenvalue weighted by molar-refractivity contribution is 6.30. The standard InChI is InChI=1S/C18H25ClN2O/c1-18(2,17(22)21-10-3-11-21)16-12-14(19)4-5-15(16)13-6-8-20-9-7-13/h4-5,12-13,20H,3,6-11H2,1-2H3. The quantitative estimate of drug-likeness (QED) is 0.926. The number of nitrogens with zero attached hydrogens (tertiary/aromatic N) is 1. The van der Waals surface area contributed by atoms with Crippen LogP contribution in [0.25, 0.3) is 0 Å². The fourth-order valence-electron chi connectivity index (χ4n) is 3.59. The molecule has 0 bridgehead atoms. The molecule has 0 atom stereocenters. The molecule has 0 aromatic heterocycles. The van der Waals surface area contributed by atoms with Crippen LogP contribution in [0.1, 0.15) is 50.2 Å². The predicted octanol–water partition coefficient (Wildman–Crippen LogP) is 3.32. The SMILES string of the molecule is CC(C)(C(=O)N1CCC1)c1cc(Cl)ccc1C1CCNCC1. The zero-order valence-corrected chi connectivity index (χ0v) is 14.2. The van der Waals surface area contributed by atoms with Crippen molar-refractivity contribution in [1.82, 2.24) is 10.2 Å². The van der Waals surface area contributed by atoms with E-state index >= 15 is 0 Å². The van der Waals surface area contributed by atoms with Crippen molar-refractivity contribution in [1.29, 1.82) is 0 Å². The summed E-state index contributed by atoms with van der Waals surface area (Å²) in [5.74, 6) is 0.758. The molecule has 1 aromatic rings. The van der Waals surface area contributed by atoms with Crippen LogP contribution in [0.4, 0.5) is 0 Å². The molecule has 0 radical (unpaired) electrons. The van der Waals surface area contributed by atoms with Gasteiger partial charge in [-0.25, -0.2) is 0 Å². The molecule has 2 heterocycles. The molecule has 0 spiro atoms. The summed E-state index contributed by atoms with van der Waals surface area (Å²) >= 11 is 6.26. The predicted molar refractivity (Wildman–Crippen MR) is 90.5 cm³/mol. The van der Waals surface area contributed by atoms with Crippen molar-refractivity contribution in [2.75, 3.05) is 26.2 Å². The first-order chi connectivity index (χ1) is 10.5. The van der Waals surface area contributed by atoms with Gasteiger partial charge >= 0.3 is 0 Å². The van der Waals surface area contributed by atoms with Crippen molar-refractivity contribution >= 4 is 17.5 Å². The summed E-state index contributed by atoms with van der Waals surface area (Å²) in [4.78, 5) is 14.8. The van der Waals surface area contributed by atoms with Gasteiger partial charge in [-0.05, 0) is 75.4 Å². The van der Waals surface area contributed by atoms with Gasteiger partial charge in [0.2, 0.25) is 5.91 Å². The molecule has 0 unspecified atom stereocenters. The second kappa shape index (κ2) is 6.21. The topological polar surface area (TPSA) is 32.3 Å². The maximum Gasteiger partial charge on any atom is 0.232 e. The van der Waals surface area contributed by atoms with E-state index in [1.165, 1.54) is 5.56 Å². The van der Waals surface area contributed by atoms with Crippen molar-refractivity contribution < 1.29 is 4.79 Å². The Kier molecular flexibility index (Phi) is 4.47. The summed E-state index contributed by atoms with van der Waals surface area (Å²) in [6, 6.07) is 6.11. The Morgan fingerprint density at radius 1 is 1.27 bits per heavy atom. The molecular formula is C18H25ClN2O. The van der Waals surface area contributed by atoms with Crippen LogP contribution in [-0.2, 0) is 10.2 Å². The van der Waals surface area contributed by atoms with Gasteiger partial charge in [0.25, 0.3) is 0 Å². The highest BCUT2D eigenvalue weighted by Crippen LogP contribution is 2.38. The van der Waals surface area contributed by atoms with E-state index in [1.54, 1.807) is 0 Å². The minimum absolute atomic E-state index is 0.233. The summed E-state index contributed by atoms with van der Waals surface area (Å²) in [6.45, 7) is 7.98. The van der Waals surface area contributed by atoms with E-state index in [-0.39, 0.29) is 5.91 Å². The molecule has 4 heteroatoms. The zero-order valence-electron chi connectivity index (χ0n) is 13.5. The molecule has 2 aliphatic rings. The average molecular weight is 321 g/mol. The summed E-state index contributed by atoms with van der Waals surface area (Å²) < 4.78 is 0. The lowest BCUT2D eigenvalue weighted by atomic mass is 9.75. The fourth-order valence-corrected chi connectivity index (χ4v) is 3.76. The Morgan fingerprint density at radius 2 is 1.95 bits per heavy atom. The minimum atomic E-state index is -0.508. The van der Waals surface area contributed by atoms with Crippen LogP contribution >= 0.6 is 11.6 Å². The van der Waals surface area contributed by atoms with Gasteiger partial charge in [0.15, 0.2) is 0 Å². The Bertz CT molecular complexity index is 560. The number of rotatable bonds is 3. The summed E-state index contributed by atoms with van der Waals surface area (Å²) in [5, 5.41) is 4.13. The lowest BCUT2D eigenvalue weighted by Crippen LogP contribution is -2.50. The van der Waals surface area contributed by atoms with Crippen LogP contribution in [0, 0.1) is 0 Å². The molecule has 2 fully saturated rings. The Labute approximate surface area is 138 Å². The van der Waals surface area contributed by atoms with Gasteiger partial charge in [0.05, 0.1) is 5.41 Å². The lowest BCUT2D eigenvalue weighted by molar-refractivity contribution is -0.139. The van der Waals surface area contributed by atoms with Crippen LogP contribution in [0.5, 0.6) is 0 Å². The van der Waals surface area contributed by atoms with Crippen molar-refractivity contribution in [3.8, 4) is 0 Å². The normalized spacial score (nSPS) is 19.9. The third-order valence-electron chi connectivity index (χ3n) is 5.15. The smallest absolute Gasteiger partial charge is 0.232 e. The molecule has 120 valence electrons. The van der Waals surface area contributed by atoms with Crippen LogP contribution in [-0.4, -0.2) is 37.0 Å². The third kappa shape index (κ3) is 2.89. The highest BCUT2D eigenvalue weighted by Gasteiger charge is 2.38. The van der Waals surface area contributed by atoms with Crippen molar-refractivity contribution in [2.45, 2.75) is 44.4 Å². The van der Waals surface area contributed by atoms with Gasteiger partial charge in [0.1, 0.15) is 0 Å². The number of piperidine rings is 1. The minimum Gasteiger partial charge on any atom is -0.342 e. The Morgan fingerprint density at radius 3 is 2.55 bits per heavy atom. The van der Waals surface area contributed by atoms with Gasteiger partial charge in [-0.3, -0.25) is 4.79 Å². The van der Waals surface area contributed by atoms with Gasteiger partial charge in [-0.15, -0.1) is 0 Å². The van der Waals surface area contributed by atoms with Crippen molar-refractivity contribution in [2.24, 2.45) is 0 Å². The first-order valence-electron chi connectivity index (χ1n) is 8.30. The maximum absolute atomic E-state index is 12.9. The number of carbonyl (C=O) groups is 1. The van der Waals surface area contributed by atoms with Gasteiger partial charge in [0, 0.05) is 18.1 Å². The average Bonchev–Trinajstić information content (AvgIpc) is 2.46. The third-order valence-corrected chi connectivity index (χ3v) is 5.38. The lowest BCUT2D eigenvalue weighted by Gasteiger charge is -2.39. The largest absolute Gasteiger partial charge is 0.342 e. The molecular weight excluding hydrogens is 296 g/mol. The summed E-state index contributed by atoms with van der Waals surface area (Å²) in [6.07, 6.45) is 3.38. The van der Waals surface area contributed by atoms with Crippen LogP contribution in [0.3, 0.4) is 0 Å². The van der Waals surface area contributed by atoms with Gasteiger partial charge < -0.3 is 10.2 Å². The Hall–Kier alpha value is -1.06. The van der Waals surface area contributed by atoms with E-state index in [4.69, 9.17) is 11.6 Å². The van der Waals surface area contributed by atoms with Crippen molar-refractivity contribution in [3.05, 3.63) is 34.3 Å². The fraction of sp³-hybridized carbons (Fsp3) is 0.611. The van der Waals surface area contributed by atoms with Gasteiger partial charge in [-0.2, -0.15) is 0 Å². The maximum atomic E-state index is 12.9. The monoisotopic (exact) mass is 320 g/mol. The summed E-state index contributed by atoms with van der Waals surface area (Å²) in [7, 11) is 0. The van der Waals surface area contributed by atoms with Crippen molar-refractivity contribution in [3.63, 3.8) is 0 Å². The van der Waals surface area contributed by atoms with Crippen LogP contribution in [0.15, 0.2) is 18.2 Å². The summed E-state index contributed by atoms with van der Waals surface area (Å²) in [5.41, 5.74) is 1.92. The van der Waals surface area contributed by atoms with Crippen LogP contribution < -0.4 is 5.32 Å². The number of likely N-dealkylation sites (tertiary alicyclic amines) is 1. The number of benzene rings is 1. The second-order valence-electron chi connectivity index (χ2n) is 7.03. The van der Waals surface area contributed by atoms with E-state index in [0.717, 1.165) is 56.0 Å². The molecule has 0 saturated carbocycles. The van der Waals surface area contributed by atoms with E-state index in [1.807, 2.05) is 30.9 Å². The van der Waals surface area contributed by atoms with E-state index in [9.17, 15) is 4.79 Å². The Balaban J connectivity index is 1.96. The molecule has 0 aliphatic carbocycles. The molecule has 1 aromatic carbocycles. The number of hydrogen-bond donors (Lipinski definition) is 1.